The average molecular weight is 298 g/mol. The molecule has 1 rings (SSSR count). The second kappa shape index (κ2) is 8.25. The quantitative estimate of drug-likeness (QED) is 0.659. The maximum absolute atomic E-state index is 12.0. The number of carboxylic acid groups (broad SMARTS) is 1. The van der Waals surface area contributed by atoms with Crippen LogP contribution in [-0.2, 0) is 4.79 Å². The number of nitrogens with one attached hydrogen (secondary N) is 2. The Morgan fingerprint density at radius 1 is 1.14 bits per heavy atom. The fraction of sp³-hybridized carbons (Fsp3) is 0.875. The first-order valence-corrected chi connectivity index (χ1v) is 8.19. The van der Waals surface area contributed by atoms with Gasteiger partial charge in [-0.2, -0.15) is 0 Å². The van der Waals surface area contributed by atoms with Gasteiger partial charge in [0, 0.05) is 12.6 Å². The first kappa shape index (κ1) is 17.8. The van der Waals surface area contributed by atoms with Gasteiger partial charge in [-0.25, -0.2) is 4.79 Å². The van der Waals surface area contributed by atoms with Crippen molar-refractivity contribution in [2.75, 3.05) is 6.54 Å². The lowest BCUT2D eigenvalue weighted by Crippen LogP contribution is -2.49. The maximum atomic E-state index is 12.0. The van der Waals surface area contributed by atoms with Gasteiger partial charge in [-0.05, 0) is 25.7 Å². The largest absolute Gasteiger partial charge is 0.481 e. The van der Waals surface area contributed by atoms with E-state index in [0.29, 0.717) is 18.8 Å². The molecule has 0 aromatic carbocycles. The van der Waals surface area contributed by atoms with Gasteiger partial charge >= 0.3 is 12.0 Å². The van der Waals surface area contributed by atoms with E-state index in [1.807, 2.05) is 6.92 Å². The highest BCUT2D eigenvalue weighted by molar-refractivity contribution is 5.78. The Balaban J connectivity index is 2.53. The van der Waals surface area contributed by atoms with Crippen LogP contribution in [0.4, 0.5) is 4.79 Å². The minimum Gasteiger partial charge on any atom is -0.481 e. The summed E-state index contributed by atoms with van der Waals surface area (Å²) in [5.74, 6) is -0.373. The van der Waals surface area contributed by atoms with Gasteiger partial charge in [-0.3, -0.25) is 4.79 Å². The Morgan fingerprint density at radius 2 is 1.71 bits per heavy atom. The molecule has 2 atom stereocenters. The van der Waals surface area contributed by atoms with E-state index in [9.17, 15) is 14.7 Å². The van der Waals surface area contributed by atoms with Crippen LogP contribution >= 0.6 is 0 Å². The van der Waals surface area contributed by atoms with E-state index >= 15 is 0 Å². The van der Waals surface area contributed by atoms with Gasteiger partial charge < -0.3 is 15.7 Å². The van der Waals surface area contributed by atoms with Crippen molar-refractivity contribution in [1.82, 2.24) is 10.6 Å². The molecule has 2 amide bonds. The van der Waals surface area contributed by atoms with Crippen LogP contribution in [0.5, 0.6) is 0 Å². The smallest absolute Gasteiger partial charge is 0.315 e. The van der Waals surface area contributed by atoms with Crippen LogP contribution in [0, 0.1) is 11.3 Å². The van der Waals surface area contributed by atoms with Gasteiger partial charge in [0.25, 0.3) is 0 Å². The van der Waals surface area contributed by atoms with Crippen molar-refractivity contribution in [3.05, 3.63) is 0 Å². The fourth-order valence-corrected chi connectivity index (χ4v) is 2.87. The summed E-state index contributed by atoms with van der Waals surface area (Å²) in [4.78, 5) is 23.6. The van der Waals surface area contributed by atoms with Crippen LogP contribution in [0.25, 0.3) is 0 Å². The third-order valence-corrected chi connectivity index (χ3v) is 4.96. The SMILES string of the molecule is CCC(C)C(C)NC(=O)NCC1(C(=O)O)CCCCCC1. The molecule has 0 aromatic rings. The zero-order valence-electron chi connectivity index (χ0n) is 13.6. The molecule has 2 unspecified atom stereocenters. The van der Waals surface area contributed by atoms with Crippen LogP contribution in [-0.4, -0.2) is 29.7 Å². The lowest BCUT2D eigenvalue weighted by molar-refractivity contribution is -0.149. The summed E-state index contributed by atoms with van der Waals surface area (Å²) < 4.78 is 0. The van der Waals surface area contributed by atoms with Gasteiger partial charge in [0.15, 0.2) is 0 Å². The van der Waals surface area contributed by atoms with E-state index < -0.39 is 11.4 Å². The molecule has 0 aliphatic heterocycles. The van der Waals surface area contributed by atoms with Crippen LogP contribution in [0.1, 0.15) is 65.7 Å². The van der Waals surface area contributed by atoms with Gasteiger partial charge in [0.2, 0.25) is 0 Å². The predicted molar refractivity (Wildman–Crippen MR) is 83.2 cm³/mol. The van der Waals surface area contributed by atoms with E-state index in [1.54, 1.807) is 0 Å². The Kier molecular flexibility index (Phi) is 6.99. The van der Waals surface area contributed by atoms with E-state index in [2.05, 4.69) is 24.5 Å². The van der Waals surface area contributed by atoms with E-state index in [4.69, 9.17) is 0 Å². The maximum Gasteiger partial charge on any atom is 0.315 e. The number of aliphatic carboxylic acids is 1. The molecule has 0 heterocycles. The Bertz CT molecular complexity index is 349. The molecule has 5 nitrogen and oxygen atoms in total. The summed E-state index contributed by atoms with van der Waals surface area (Å²) in [5, 5.41) is 15.2. The predicted octanol–water partition coefficient (Wildman–Crippen LogP) is 3.15. The fourth-order valence-electron chi connectivity index (χ4n) is 2.87. The van der Waals surface area contributed by atoms with E-state index in [-0.39, 0.29) is 18.6 Å². The molecule has 0 radical (unpaired) electrons. The topological polar surface area (TPSA) is 78.4 Å². The number of carbonyl (C=O) groups is 2. The molecule has 122 valence electrons. The van der Waals surface area contributed by atoms with Crippen LogP contribution in [0.2, 0.25) is 0 Å². The molecule has 1 saturated carbocycles. The van der Waals surface area contributed by atoms with Crippen molar-refractivity contribution in [3.63, 3.8) is 0 Å². The van der Waals surface area contributed by atoms with Gasteiger partial charge in [-0.15, -0.1) is 0 Å². The van der Waals surface area contributed by atoms with E-state index in [1.165, 1.54) is 0 Å². The van der Waals surface area contributed by atoms with Gasteiger partial charge in [0.05, 0.1) is 5.41 Å². The number of rotatable bonds is 6. The van der Waals surface area contributed by atoms with Gasteiger partial charge in [-0.1, -0.05) is 46.0 Å². The molecule has 1 fully saturated rings. The first-order chi connectivity index (χ1) is 9.91. The van der Waals surface area contributed by atoms with Crippen molar-refractivity contribution in [2.45, 2.75) is 71.8 Å². The summed E-state index contributed by atoms with van der Waals surface area (Å²) in [5.41, 5.74) is -0.784. The second-order valence-corrected chi connectivity index (χ2v) is 6.50. The van der Waals surface area contributed by atoms with Crippen LogP contribution in [0.3, 0.4) is 0 Å². The molecule has 0 bridgehead atoms. The number of carboxylic acids is 1. The summed E-state index contributed by atoms with van der Waals surface area (Å²) >= 11 is 0. The van der Waals surface area contributed by atoms with Gasteiger partial charge in [0.1, 0.15) is 0 Å². The van der Waals surface area contributed by atoms with Crippen LogP contribution < -0.4 is 10.6 Å². The number of carbonyl (C=O) groups excluding carboxylic acids is 1. The molecule has 21 heavy (non-hydrogen) atoms. The minimum absolute atomic E-state index is 0.0879. The lowest BCUT2D eigenvalue weighted by Gasteiger charge is -2.29. The van der Waals surface area contributed by atoms with Crippen LogP contribution in [0.15, 0.2) is 0 Å². The Morgan fingerprint density at radius 3 is 2.19 bits per heavy atom. The summed E-state index contributed by atoms with van der Waals surface area (Å²) in [6.45, 7) is 6.38. The Hall–Kier alpha value is -1.26. The second-order valence-electron chi connectivity index (χ2n) is 6.50. The van der Waals surface area contributed by atoms with Crippen molar-refractivity contribution in [2.24, 2.45) is 11.3 Å². The lowest BCUT2D eigenvalue weighted by atomic mass is 9.80. The highest BCUT2D eigenvalue weighted by Gasteiger charge is 2.38. The summed E-state index contributed by atoms with van der Waals surface area (Å²) in [6.07, 6.45) is 6.35. The summed E-state index contributed by atoms with van der Waals surface area (Å²) in [7, 11) is 0. The third kappa shape index (κ3) is 5.21. The zero-order chi connectivity index (χ0) is 15.9. The molecular weight excluding hydrogens is 268 g/mol. The first-order valence-electron chi connectivity index (χ1n) is 8.19. The Labute approximate surface area is 127 Å². The minimum atomic E-state index is -0.784. The number of hydrogen-bond acceptors (Lipinski definition) is 2. The molecule has 5 heteroatoms. The molecule has 0 aromatic heterocycles. The molecular formula is C16H30N2O3. The van der Waals surface area contributed by atoms with Crippen molar-refractivity contribution < 1.29 is 14.7 Å². The molecule has 3 N–H and O–H groups in total. The van der Waals surface area contributed by atoms with Crippen molar-refractivity contribution in [1.29, 1.82) is 0 Å². The number of hydrogen-bond donors (Lipinski definition) is 3. The molecule has 1 aliphatic carbocycles. The highest BCUT2D eigenvalue weighted by Crippen LogP contribution is 2.34. The highest BCUT2D eigenvalue weighted by atomic mass is 16.4. The molecule has 0 spiro atoms. The molecule has 1 aliphatic rings. The number of amides is 2. The number of urea groups is 1. The van der Waals surface area contributed by atoms with Crippen molar-refractivity contribution in [3.8, 4) is 0 Å². The molecule has 0 saturated heterocycles. The average Bonchev–Trinajstić information content (AvgIpc) is 2.70. The van der Waals surface area contributed by atoms with Crippen molar-refractivity contribution >= 4 is 12.0 Å². The third-order valence-electron chi connectivity index (χ3n) is 4.96. The standard InChI is InChI=1S/C16H30N2O3/c1-4-12(2)13(3)18-15(21)17-11-16(14(19)20)9-7-5-6-8-10-16/h12-13H,4-11H2,1-3H3,(H,19,20)(H2,17,18,21). The normalized spacial score (nSPS) is 20.9. The monoisotopic (exact) mass is 298 g/mol. The zero-order valence-corrected chi connectivity index (χ0v) is 13.6. The summed E-state index contributed by atoms with van der Waals surface area (Å²) in [6, 6.07) is -0.169. The van der Waals surface area contributed by atoms with E-state index in [0.717, 1.165) is 32.1 Å².